The first-order chi connectivity index (χ1) is 14.0. The van der Waals surface area contributed by atoms with Gasteiger partial charge in [-0.3, -0.25) is 4.79 Å². The summed E-state index contributed by atoms with van der Waals surface area (Å²) in [7, 11) is -2.30. The molecule has 0 N–H and O–H groups in total. The molecule has 1 fully saturated rings. The van der Waals surface area contributed by atoms with Gasteiger partial charge in [0.15, 0.2) is 0 Å². The van der Waals surface area contributed by atoms with E-state index < -0.39 is 10.0 Å². The second-order valence-electron chi connectivity index (χ2n) is 6.65. The third kappa shape index (κ3) is 4.77. The van der Waals surface area contributed by atoms with Crippen molar-refractivity contribution in [1.29, 1.82) is 0 Å². The molecule has 1 aliphatic heterocycles. The van der Waals surface area contributed by atoms with E-state index in [4.69, 9.17) is 9.47 Å². The van der Waals surface area contributed by atoms with Gasteiger partial charge in [0, 0.05) is 25.3 Å². The number of para-hydroxylation sites is 1. The Hall–Kier alpha value is -2.42. The van der Waals surface area contributed by atoms with Gasteiger partial charge in [0.2, 0.25) is 15.9 Å². The van der Waals surface area contributed by atoms with Crippen LogP contribution in [0.3, 0.4) is 0 Å². The lowest BCUT2D eigenvalue weighted by Crippen LogP contribution is -2.40. The van der Waals surface area contributed by atoms with Crippen molar-refractivity contribution < 1.29 is 22.7 Å². The van der Waals surface area contributed by atoms with E-state index in [9.17, 15) is 13.2 Å². The van der Waals surface area contributed by atoms with E-state index in [0.717, 1.165) is 5.69 Å². The van der Waals surface area contributed by atoms with Gasteiger partial charge in [-0.05, 0) is 36.8 Å². The van der Waals surface area contributed by atoms with E-state index in [1.165, 1.54) is 11.4 Å². The van der Waals surface area contributed by atoms with Crippen LogP contribution >= 0.6 is 0 Å². The summed E-state index contributed by atoms with van der Waals surface area (Å²) >= 11 is 0. The highest BCUT2D eigenvalue weighted by Gasteiger charge is 2.29. The minimum atomic E-state index is -3.74. The van der Waals surface area contributed by atoms with Crippen LogP contribution in [-0.2, 0) is 26.0 Å². The second kappa shape index (κ2) is 9.39. The Balaban J connectivity index is 1.87. The van der Waals surface area contributed by atoms with E-state index in [1.54, 1.807) is 23.1 Å². The summed E-state index contributed by atoms with van der Waals surface area (Å²) in [6, 6.07) is 14.3. The Morgan fingerprint density at radius 3 is 2.45 bits per heavy atom. The van der Waals surface area contributed by atoms with Gasteiger partial charge >= 0.3 is 0 Å². The molecule has 29 heavy (non-hydrogen) atoms. The minimum Gasteiger partial charge on any atom is -0.495 e. The molecule has 0 unspecified atom stereocenters. The fourth-order valence-corrected chi connectivity index (χ4v) is 4.95. The van der Waals surface area contributed by atoms with Gasteiger partial charge in [0.1, 0.15) is 10.6 Å². The minimum absolute atomic E-state index is 0.0787. The molecule has 1 saturated heterocycles. The van der Waals surface area contributed by atoms with E-state index in [2.05, 4.69) is 0 Å². The number of amides is 1. The Morgan fingerprint density at radius 2 is 1.83 bits per heavy atom. The monoisotopic (exact) mass is 418 g/mol. The lowest BCUT2D eigenvalue weighted by Gasteiger charge is -2.27. The molecule has 0 bridgehead atoms. The number of methoxy groups -OCH3 is 1. The molecule has 3 rings (SSSR count). The summed E-state index contributed by atoms with van der Waals surface area (Å²) in [5, 5.41) is 0. The van der Waals surface area contributed by atoms with Crippen LogP contribution in [0.5, 0.6) is 5.75 Å². The number of nitrogens with zero attached hydrogens (tertiary/aromatic N) is 2. The molecular formula is C21H26N2O5S. The number of ether oxygens (including phenoxy) is 2. The van der Waals surface area contributed by atoms with Crippen LogP contribution in [0, 0.1) is 0 Å². The van der Waals surface area contributed by atoms with Crippen molar-refractivity contribution in [2.75, 3.05) is 44.9 Å². The van der Waals surface area contributed by atoms with Crippen molar-refractivity contribution in [3.8, 4) is 5.75 Å². The van der Waals surface area contributed by atoms with Crippen molar-refractivity contribution in [3.63, 3.8) is 0 Å². The summed E-state index contributed by atoms with van der Waals surface area (Å²) in [5.41, 5.74) is 1.44. The highest BCUT2D eigenvalue weighted by atomic mass is 32.2. The summed E-state index contributed by atoms with van der Waals surface area (Å²) < 4.78 is 38.2. The normalized spacial score (nSPS) is 15.1. The van der Waals surface area contributed by atoms with Gasteiger partial charge in [-0.1, -0.05) is 24.3 Å². The maximum absolute atomic E-state index is 13.1. The van der Waals surface area contributed by atoms with Crippen LogP contribution in [0.2, 0.25) is 0 Å². The largest absolute Gasteiger partial charge is 0.495 e. The van der Waals surface area contributed by atoms with E-state index >= 15 is 0 Å². The number of anilines is 1. The van der Waals surface area contributed by atoms with Crippen LogP contribution in [-0.4, -0.2) is 58.6 Å². The maximum atomic E-state index is 13.1. The quantitative estimate of drug-likeness (QED) is 0.690. The SMILES string of the molecule is CCN(C(=O)Cc1ccc(OC)c(S(=O)(=O)N2CCOCC2)c1)c1ccccc1. The molecule has 8 heteroatoms. The molecule has 0 saturated carbocycles. The Morgan fingerprint density at radius 1 is 1.14 bits per heavy atom. The van der Waals surface area contributed by atoms with Crippen LogP contribution in [0.25, 0.3) is 0 Å². The predicted octanol–water partition coefficient (Wildman–Crippen LogP) is 2.31. The number of carbonyl (C=O) groups excluding carboxylic acids is 1. The van der Waals surface area contributed by atoms with Gasteiger partial charge in [0.25, 0.3) is 0 Å². The zero-order chi connectivity index (χ0) is 20.9. The lowest BCUT2D eigenvalue weighted by molar-refractivity contribution is -0.117. The average Bonchev–Trinajstić information content (AvgIpc) is 2.75. The second-order valence-corrected chi connectivity index (χ2v) is 8.56. The number of likely N-dealkylation sites (N-methyl/N-ethyl adjacent to an activating group) is 1. The molecule has 0 spiro atoms. The number of morpholine rings is 1. The van der Waals surface area contributed by atoms with E-state index in [-0.39, 0.29) is 23.0 Å². The first kappa shape index (κ1) is 21.3. The molecule has 1 aliphatic rings. The van der Waals surface area contributed by atoms with Crippen molar-refractivity contribution in [2.24, 2.45) is 0 Å². The number of benzene rings is 2. The zero-order valence-electron chi connectivity index (χ0n) is 16.7. The average molecular weight is 419 g/mol. The highest BCUT2D eigenvalue weighted by Crippen LogP contribution is 2.29. The maximum Gasteiger partial charge on any atom is 0.246 e. The number of rotatable bonds is 7. The van der Waals surface area contributed by atoms with Gasteiger partial charge in [-0.25, -0.2) is 8.42 Å². The van der Waals surface area contributed by atoms with E-state index in [1.807, 2.05) is 37.3 Å². The van der Waals surface area contributed by atoms with Crippen LogP contribution in [0.4, 0.5) is 5.69 Å². The fourth-order valence-electron chi connectivity index (χ4n) is 3.34. The molecule has 0 radical (unpaired) electrons. The van der Waals surface area contributed by atoms with Crippen molar-refractivity contribution >= 4 is 21.6 Å². The van der Waals surface area contributed by atoms with Crippen LogP contribution in [0.15, 0.2) is 53.4 Å². The molecule has 0 aromatic heterocycles. The molecule has 1 heterocycles. The molecule has 7 nitrogen and oxygen atoms in total. The van der Waals surface area contributed by atoms with Gasteiger partial charge in [-0.2, -0.15) is 4.31 Å². The first-order valence-electron chi connectivity index (χ1n) is 9.57. The molecule has 156 valence electrons. The van der Waals surface area contributed by atoms with Crippen LogP contribution < -0.4 is 9.64 Å². The molecule has 1 amide bonds. The highest BCUT2D eigenvalue weighted by molar-refractivity contribution is 7.89. The van der Waals surface area contributed by atoms with Crippen LogP contribution in [0.1, 0.15) is 12.5 Å². The van der Waals surface area contributed by atoms with Crippen molar-refractivity contribution in [3.05, 3.63) is 54.1 Å². The third-order valence-electron chi connectivity index (χ3n) is 4.86. The number of carbonyl (C=O) groups is 1. The van der Waals surface area contributed by atoms with Gasteiger partial charge in [0.05, 0.1) is 26.7 Å². The predicted molar refractivity (Wildman–Crippen MR) is 111 cm³/mol. The first-order valence-corrected chi connectivity index (χ1v) is 11.0. The Kier molecular flexibility index (Phi) is 6.89. The van der Waals surface area contributed by atoms with E-state index in [0.29, 0.717) is 38.4 Å². The van der Waals surface area contributed by atoms with Gasteiger partial charge in [-0.15, -0.1) is 0 Å². The lowest BCUT2D eigenvalue weighted by atomic mass is 10.1. The number of sulfonamides is 1. The molecular weight excluding hydrogens is 392 g/mol. The summed E-state index contributed by atoms with van der Waals surface area (Å²) in [5.74, 6) is 0.168. The topological polar surface area (TPSA) is 76.2 Å². The number of hydrogen-bond acceptors (Lipinski definition) is 5. The summed E-state index contributed by atoms with van der Waals surface area (Å²) in [6.45, 7) is 3.76. The Labute approximate surface area is 171 Å². The summed E-state index contributed by atoms with van der Waals surface area (Å²) in [4.78, 5) is 14.6. The summed E-state index contributed by atoms with van der Waals surface area (Å²) in [6.07, 6.45) is 0.0956. The molecule has 0 aliphatic carbocycles. The fraction of sp³-hybridized carbons (Fsp3) is 0.381. The number of hydrogen-bond donors (Lipinski definition) is 0. The molecule has 2 aromatic carbocycles. The zero-order valence-corrected chi connectivity index (χ0v) is 17.5. The van der Waals surface area contributed by atoms with Crippen molar-refractivity contribution in [1.82, 2.24) is 4.31 Å². The molecule has 0 atom stereocenters. The Bertz CT molecular complexity index is 941. The third-order valence-corrected chi connectivity index (χ3v) is 6.78. The standard InChI is InChI=1S/C21H26N2O5S/c1-3-23(18-7-5-4-6-8-18)21(24)16-17-9-10-19(27-2)20(15-17)29(25,26)22-11-13-28-14-12-22/h4-10,15H,3,11-14,16H2,1-2H3. The molecule has 2 aromatic rings. The van der Waals surface area contributed by atoms with Crippen molar-refractivity contribution in [2.45, 2.75) is 18.2 Å². The van der Waals surface area contributed by atoms with Gasteiger partial charge < -0.3 is 14.4 Å². The smallest absolute Gasteiger partial charge is 0.246 e.